The van der Waals surface area contributed by atoms with Crippen molar-refractivity contribution in [2.24, 2.45) is 0 Å². The number of amides is 1. The van der Waals surface area contributed by atoms with Gasteiger partial charge < -0.3 is 25.2 Å². The van der Waals surface area contributed by atoms with Crippen molar-refractivity contribution in [1.29, 1.82) is 0 Å². The van der Waals surface area contributed by atoms with Gasteiger partial charge in [-0.05, 0) is 60.9 Å². The molecule has 1 atom stereocenters. The maximum atomic E-state index is 14.8. The lowest BCUT2D eigenvalue weighted by Crippen LogP contribution is -2.50. The van der Waals surface area contributed by atoms with Crippen LogP contribution in [0.25, 0.3) is 0 Å². The van der Waals surface area contributed by atoms with Gasteiger partial charge in [0.05, 0.1) is 12.2 Å². The Morgan fingerprint density at radius 3 is 2.61 bits per heavy atom. The second-order valence-corrected chi connectivity index (χ2v) is 8.99. The molecule has 38 heavy (non-hydrogen) atoms. The van der Waals surface area contributed by atoms with E-state index in [-0.39, 0.29) is 47.1 Å². The molecule has 5 rings (SSSR count). The van der Waals surface area contributed by atoms with Crippen LogP contribution in [0.15, 0.2) is 54.7 Å². The summed E-state index contributed by atoms with van der Waals surface area (Å²) in [6, 6.07) is 10.3. The van der Waals surface area contributed by atoms with E-state index in [0.29, 0.717) is 5.75 Å². The predicted octanol–water partition coefficient (Wildman–Crippen LogP) is 4.85. The van der Waals surface area contributed by atoms with E-state index in [1.165, 1.54) is 30.5 Å². The molecule has 8 nitrogen and oxygen atoms in total. The molecule has 3 aromatic rings. The van der Waals surface area contributed by atoms with Crippen molar-refractivity contribution in [2.75, 3.05) is 11.9 Å². The molecule has 2 aliphatic rings. The fraction of sp³-hybridized carbons (Fsp3) is 0.269. The van der Waals surface area contributed by atoms with Crippen LogP contribution in [0.2, 0.25) is 0 Å². The van der Waals surface area contributed by atoms with Gasteiger partial charge in [0.25, 0.3) is 5.91 Å². The summed E-state index contributed by atoms with van der Waals surface area (Å²) in [6.45, 7) is 0.0911. The Bertz CT molecular complexity index is 1410. The van der Waals surface area contributed by atoms with Gasteiger partial charge in [0.15, 0.2) is 11.6 Å². The molecule has 198 valence electrons. The first kappa shape index (κ1) is 25.3. The fourth-order valence-corrected chi connectivity index (χ4v) is 4.41. The summed E-state index contributed by atoms with van der Waals surface area (Å²) in [4.78, 5) is 29.6. The van der Waals surface area contributed by atoms with Crippen molar-refractivity contribution < 1.29 is 41.7 Å². The number of alkyl halides is 3. The van der Waals surface area contributed by atoms with Gasteiger partial charge >= 0.3 is 12.3 Å². The SMILES string of the molecule is O=C(NC1(c2ccc(OC(F)(F)F)c(F)c2)CCOc2cccnc21)c1ccc(C(=O)O)c(NC2CC2)c1. The molecular weight excluding hydrogens is 510 g/mol. The highest BCUT2D eigenvalue weighted by molar-refractivity contribution is 6.00. The molecule has 1 saturated carbocycles. The van der Waals surface area contributed by atoms with Gasteiger partial charge in [-0.1, -0.05) is 6.07 Å². The molecule has 1 fully saturated rings. The van der Waals surface area contributed by atoms with Crippen LogP contribution in [-0.2, 0) is 5.54 Å². The third-order valence-corrected chi connectivity index (χ3v) is 6.34. The second kappa shape index (κ2) is 9.51. The van der Waals surface area contributed by atoms with Crippen LogP contribution in [0.1, 0.15) is 51.2 Å². The molecule has 0 radical (unpaired) electrons. The average Bonchev–Trinajstić information content (AvgIpc) is 3.68. The smallest absolute Gasteiger partial charge is 0.491 e. The van der Waals surface area contributed by atoms with E-state index in [1.807, 2.05) is 0 Å². The second-order valence-electron chi connectivity index (χ2n) is 8.99. The topological polar surface area (TPSA) is 110 Å². The lowest BCUT2D eigenvalue weighted by molar-refractivity contribution is -0.275. The van der Waals surface area contributed by atoms with Gasteiger partial charge in [-0.3, -0.25) is 9.78 Å². The quantitative estimate of drug-likeness (QED) is 0.374. The summed E-state index contributed by atoms with van der Waals surface area (Å²) in [5.41, 5.74) is -0.699. The van der Waals surface area contributed by atoms with Crippen LogP contribution < -0.4 is 20.1 Å². The van der Waals surface area contributed by atoms with Crippen molar-refractivity contribution in [1.82, 2.24) is 10.3 Å². The monoisotopic (exact) mass is 531 g/mol. The number of carbonyl (C=O) groups excluding carboxylic acids is 1. The molecule has 12 heteroatoms. The van der Waals surface area contributed by atoms with E-state index >= 15 is 0 Å². The van der Waals surface area contributed by atoms with Crippen molar-refractivity contribution in [3.8, 4) is 11.5 Å². The highest BCUT2D eigenvalue weighted by Gasteiger charge is 2.43. The highest BCUT2D eigenvalue weighted by Crippen LogP contribution is 2.42. The molecular formula is C26H21F4N3O5. The summed E-state index contributed by atoms with van der Waals surface area (Å²) in [5.74, 6) is -3.77. The normalized spacial score (nSPS) is 18.6. The van der Waals surface area contributed by atoms with Gasteiger partial charge in [0.2, 0.25) is 0 Å². The number of nitrogens with zero attached hydrogens (tertiary/aromatic N) is 1. The number of rotatable bonds is 7. The van der Waals surface area contributed by atoms with Crippen LogP contribution in [-0.4, -0.2) is 41.0 Å². The molecule has 1 aliphatic carbocycles. The van der Waals surface area contributed by atoms with E-state index in [9.17, 15) is 32.3 Å². The molecule has 1 amide bonds. The molecule has 0 bridgehead atoms. The molecule has 2 heterocycles. The molecule has 3 N–H and O–H groups in total. The number of carbonyl (C=O) groups is 2. The Hall–Kier alpha value is -4.35. The number of fused-ring (bicyclic) bond motifs is 1. The van der Waals surface area contributed by atoms with E-state index in [2.05, 4.69) is 20.4 Å². The van der Waals surface area contributed by atoms with Crippen molar-refractivity contribution in [3.05, 3.63) is 82.9 Å². The van der Waals surface area contributed by atoms with Crippen LogP contribution in [0.5, 0.6) is 11.5 Å². The molecule has 1 unspecified atom stereocenters. The number of pyridine rings is 1. The summed E-state index contributed by atoms with van der Waals surface area (Å²) in [6.07, 6.45) is -1.80. The summed E-state index contributed by atoms with van der Waals surface area (Å²) < 4.78 is 62.3. The molecule has 1 aromatic heterocycles. The van der Waals surface area contributed by atoms with Gasteiger partial charge in [0.1, 0.15) is 17.0 Å². The predicted molar refractivity (Wildman–Crippen MR) is 126 cm³/mol. The third-order valence-electron chi connectivity index (χ3n) is 6.34. The number of aromatic nitrogens is 1. The van der Waals surface area contributed by atoms with Crippen molar-refractivity contribution in [2.45, 2.75) is 37.2 Å². The number of hydrogen-bond acceptors (Lipinski definition) is 6. The van der Waals surface area contributed by atoms with Crippen LogP contribution in [0.4, 0.5) is 23.2 Å². The third kappa shape index (κ3) is 5.06. The van der Waals surface area contributed by atoms with Gasteiger partial charge in [-0.15, -0.1) is 13.2 Å². The van der Waals surface area contributed by atoms with E-state index in [4.69, 9.17) is 4.74 Å². The highest BCUT2D eigenvalue weighted by atomic mass is 19.4. The number of carboxylic acids is 1. The lowest BCUT2D eigenvalue weighted by atomic mass is 9.81. The minimum atomic E-state index is -5.09. The Balaban J connectivity index is 1.56. The fourth-order valence-electron chi connectivity index (χ4n) is 4.41. The summed E-state index contributed by atoms with van der Waals surface area (Å²) in [7, 11) is 0. The zero-order valence-electron chi connectivity index (χ0n) is 19.6. The zero-order valence-corrected chi connectivity index (χ0v) is 19.6. The Kier molecular flexibility index (Phi) is 6.33. The average molecular weight is 531 g/mol. The molecule has 1 aliphatic heterocycles. The molecule has 0 saturated heterocycles. The van der Waals surface area contributed by atoms with Crippen LogP contribution in [0.3, 0.4) is 0 Å². The number of anilines is 1. The lowest BCUT2D eigenvalue weighted by Gasteiger charge is -2.39. The zero-order chi connectivity index (χ0) is 27.1. The van der Waals surface area contributed by atoms with E-state index in [1.54, 1.807) is 12.1 Å². The summed E-state index contributed by atoms with van der Waals surface area (Å²) in [5, 5.41) is 15.5. The van der Waals surface area contributed by atoms with E-state index in [0.717, 1.165) is 25.0 Å². The Morgan fingerprint density at radius 2 is 1.92 bits per heavy atom. The minimum Gasteiger partial charge on any atom is -0.491 e. The first-order chi connectivity index (χ1) is 18.1. The van der Waals surface area contributed by atoms with Crippen LogP contribution in [0, 0.1) is 5.82 Å². The number of nitrogens with one attached hydrogen (secondary N) is 2. The first-order valence-corrected chi connectivity index (χ1v) is 11.7. The maximum absolute atomic E-state index is 14.8. The largest absolute Gasteiger partial charge is 0.573 e. The van der Waals surface area contributed by atoms with Crippen molar-refractivity contribution in [3.63, 3.8) is 0 Å². The number of hydrogen-bond donors (Lipinski definition) is 3. The minimum absolute atomic E-state index is 0.00330. The first-order valence-electron chi connectivity index (χ1n) is 11.7. The van der Waals surface area contributed by atoms with Gasteiger partial charge in [-0.2, -0.15) is 0 Å². The molecule has 0 spiro atoms. The standard InChI is InChI=1S/C26H21F4N3O5/c27-18-13-15(4-8-20(18)38-26(28,29)30)25(9-11-37-21-2-1-10-31-22(21)25)33-23(34)14-3-7-17(24(35)36)19(12-14)32-16-5-6-16/h1-4,7-8,10,12-13,16,32H,5-6,9,11H2,(H,33,34)(H,35,36). The number of aromatic carboxylic acids is 1. The Labute approximate surface area is 213 Å². The van der Waals surface area contributed by atoms with Gasteiger partial charge in [0, 0.05) is 29.9 Å². The number of carboxylic acid groups (broad SMARTS) is 1. The van der Waals surface area contributed by atoms with E-state index < -0.39 is 35.3 Å². The number of halogens is 4. The van der Waals surface area contributed by atoms with Gasteiger partial charge in [-0.25, -0.2) is 9.18 Å². The summed E-state index contributed by atoms with van der Waals surface area (Å²) >= 11 is 0. The molecule has 2 aromatic carbocycles. The maximum Gasteiger partial charge on any atom is 0.573 e. The number of ether oxygens (including phenoxy) is 2. The van der Waals surface area contributed by atoms with Crippen molar-refractivity contribution >= 4 is 17.6 Å². The van der Waals surface area contributed by atoms with Crippen LogP contribution >= 0.6 is 0 Å². The Morgan fingerprint density at radius 1 is 1.13 bits per heavy atom. The number of benzene rings is 2.